The van der Waals surface area contributed by atoms with Crippen molar-refractivity contribution in [1.82, 2.24) is 10.6 Å². The Balaban J connectivity index is 2.68. The first-order chi connectivity index (χ1) is 9.60. The summed E-state index contributed by atoms with van der Waals surface area (Å²) >= 11 is 5.82. The van der Waals surface area contributed by atoms with E-state index >= 15 is 0 Å². The van der Waals surface area contributed by atoms with E-state index in [1.165, 1.54) is 12.1 Å². The number of amides is 2. The number of nitrogens with one attached hydrogen (secondary N) is 2. The third kappa shape index (κ3) is 5.39. The van der Waals surface area contributed by atoms with Gasteiger partial charge < -0.3 is 10.6 Å². The van der Waals surface area contributed by atoms with E-state index in [2.05, 4.69) is 10.6 Å². The molecule has 7 nitrogen and oxygen atoms in total. The molecule has 1 aromatic carbocycles. The second-order valence-corrected chi connectivity index (χ2v) is 5.81. The van der Waals surface area contributed by atoms with Gasteiger partial charge in [0, 0.05) is 17.7 Å². The molecular formula is C13H16ClN3O4. The molecular weight excluding hydrogens is 298 g/mol. The van der Waals surface area contributed by atoms with Crippen LogP contribution in [0.1, 0.15) is 31.1 Å². The maximum Gasteiger partial charge on any atom is 0.270 e. The van der Waals surface area contributed by atoms with E-state index in [1.807, 2.05) is 20.8 Å². The minimum atomic E-state index is -0.607. The zero-order chi connectivity index (χ0) is 16.2. The van der Waals surface area contributed by atoms with E-state index in [-0.39, 0.29) is 28.7 Å². The Morgan fingerprint density at radius 3 is 2.43 bits per heavy atom. The Bertz CT molecular complexity index is 581. The molecule has 0 saturated carbocycles. The van der Waals surface area contributed by atoms with Crippen molar-refractivity contribution in [2.45, 2.75) is 26.3 Å². The topological polar surface area (TPSA) is 101 Å². The van der Waals surface area contributed by atoms with Crippen LogP contribution in [0.3, 0.4) is 0 Å². The highest BCUT2D eigenvalue weighted by Gasteiger charge is 2.17. The molecule has 0 atom stereocenters. The van der Waals surface area contributed by atoms with Crippen molar-refractivity contribution >= 4 is 29.1 Å². The Hall–Kier alpha value is -2.15. The summed E-state index contributed by atoms with van der Waals surface area (Å²) in [4.78, 5) is 33.4. The number of hydrogen-bond donors (Lipinski definition) is 2. The summed E-state index contributed by atoms with van der Waals surface area (Å²) in [6.07, 6.45) is 0. The van der Waals surface area contributed by atoms with Gasteiger partial charge in [-0.2, -0.15) is 0 Å². The summed E-state index contributed by atoms with van der Waals surface area (Å²) in [5.74, 6) is -0.909. The predicted octanol–water partition coefficient (Wildman–Crippen LogP) is 1.89. The lowest BCUT2D eigenvalue weighted by Crippen LogP contribution is -2.45. The third-order valence-corrected chi connectivity index (χ3v) is 2.64. The maximum atomic E-state index is 11.9. The van der Waals surface area contributed by atoms with Gasteiger partial charge in [0.15, 0.2) is 0 Å². The standard InChI is InChI=1S/C13H16ClN3O4/c1-13(2,3)16-11(18)7-15-12(19)9-5-4-8(17(20)21)6-10(9)14/h4-6H,7H2,1-3H3,(H,15,19)(H,16,18). The first-order valence-electron chi connectivity index (χ1n) is 6.13. The quantitative estimate of drug-likeness (QED) is 0.654. The molecule has 0 aromatic heterocycles. The zero-order valence-electron chi connectivity index (χ0n) is 11.9. The number of non-ortho nitro benzene ring substituents is 1. The highest BCUT2D eigenvalue weighted by atomic mass is 35.5. The number of nitrogens with zero attached hydrogens (tertiary/aromatic N) is 1. The van der Waals surface area contributed by atoms with Gasteiger partial charge in [-0.05, 0) is 26.8 Å². The normalized spacial score (nSPS) is 10.9. The molecule has 0 unspecified atom stereocenters. The average Bonchev–Trinajstić information content (AvgIpc) is 2.33. The fraction of sp³-hybridized carbons (Fsp3) is 0.385. The lowest BCUT2D eigenvalue weighted by atomic mass is 10.1. The van der Waals surface area contributed by atoms with Gasteiger partial charge in [0.05, 0.1) is 22.1 Å². The van der Waals surface area contributed by atoms with Gasteiger partial charge in [0.25, 0.3) is 11.6 Å². The first-order valence-corrected chi connectivity index (χ1v) is 6.51. The fourth-order valence-corrected chi connectivity index (χ4v) is 1.78. The SMILES string of the molecule is CC(C)(C)NC(=O)CNC(=O)c1ccc([N+](=O)[O-])cc1Cl. The molecule has 21 heavy (non-hydrogen) atoms. The summed E-state index contributed by atoms with van der Waals surface area (Å²) in [7, 11) is 0. The van der Waals surface area contributed by atoms with E-state index in [0.717, 1.165) is 6.07 Å². The molecule has 1 aromatic rings. The van der Waals surface area contributed by atoms with Crippen LogP contribution in [0.2, 0.25) is 5.02 Å². The number of carbonyl (C=O) groups is 2. The van der Waals surface area contributed by atoms with Gasteiger partial charge in [0.1, 0.15) is 0 Å². The van der Waals surface area contributed by atoms with Crippen molar-refractivity contribution in [1.29, 1.82) is 0 Å². The van der Waals surface area contributed by atoms with Crippen LogP contribution in [0, 0.1) is 10.1 Å². The fourth-order valence-electron chi connectivity index (χ4n) is 1.52. The molecule has 114 valence electrons. The highest BCUT2D eigenvalue weighted by Crippen LogP contribution is 2.22. The largest absolute Gasteiger partial charge is 0.350 e. The number of rotatable bonds is 4. The Morgan fingerprint density at radius 1 is 1.33 bits per heavy atom. The summed E-state index contributed by atoms with van der Waals surface area (Å²) < 4.78 is 0. The van der Waals surface area contributed by atoms with Crippen LogP contribution in [0.4, 0.5) is 5.69 Å². The molecule has 2 amide bonds. The number of nitro benzene ring substituents is 1. The van der Waals surface area contributed by atoms with Crippen molar-refractivity contribution < 1.29 is 14.5 Å². The molecule has 0 fully saturated rings. The van der Waals surface area contributed by atoms with E-state index in [1.54, 1.807) is 0 Å². The van der Waals surface area contributed by atoms with Crippen LogP contribution in [0.25, 0.3) is 0 Å². The average molecular weight is 314 g/mol. The molecule has 0 heterocycles. The number of hydrogen-bond acceptors (Lipinski definition) is 4. The monoisotopic (exact) mass is 313 g/mol. The van der Waals surface area contributed by atoms with Crippen LogP contribution in [-0.4, -0.2) is 28.8 Å². The van der Waals surface area contributed by atoms with Crippen LogP contribution < -0.4 is 10.6 Å². The van der Waals surface area contributed by atoms with Crippen LogP contribution in [0.5, 0.6) is 0 Å². The molecule has 0 radical (unpaired) electrons. The number of benzene rings is 1. The first kappa shape index (κ1) is 16.9. The van der Waals surface area contributed by atoms with Gasteiger partial charge >= 0.3 is 0 Å². The van der Waals surface area contributed by atoms with Gasteiger partial charge in [-0.15, -0.1) is 0 Å². The summed E-state index contributed by atoms with van der Waals surface area (Å²) in [5.41, 5.74) is -0.528. The molecule has 0 spiro atoms. The predicted molar refractivity (Wildman–Crippen MR) is 78.3 cm³/mol. The number of carbonyl (C=O) groups excluding carboxylic acids is 2. The van der Waals surface area contributed by atoms with Gasteiger partial charge in [-0.3, -0.25) is 19.7 Å². The van der Waals surface area contributed by atoms with Crippen LogP contribution in [-0.2, 0) is 4.79 Å². The molecule has 0 aliphatic carbocycles. The molecule has 0 saturated heterocycles. The minimum Gasteiger partial charge on any atom is -0.350 e. The Morgan fingerprint density at radius 2 is 1.95 bits per heavy atom. The third-order valence-electron chi connectivity index (χ3n) is 2.33. The van der Waals surface area contributed by atoms with E-state index in [0.29, 0.717) is 0 Å². The van der Waals surface area contributed by atoms with Gasteiger partial charge in [-0.1, -0.05) is 11.6 Å². The maximum absolute atomic E-state index is 11.9. The van der Waals surface area contributed by atoms with Crippen molar-refractivity contribution in [2.24, 2.45) is 0 Å². The minimum absolute atomic E-state index is 0.0436. The summed E-state index contributed by atoms with van der Waals surface area (Å²) in [6.45, 7) is 5.25. The van der Waals surface area contributed by atoms with Crippen molar-refractivity contribution in [3.63, 3.8) is 0 Å². The van der Waals surface area contributed by atoms with E-state index in [9.17, 15) is 19.7 Å². The second-order valence-electron chi connectivity index (χ2n) is 5.40. The van der Waals surface area contributed by atoms with Crippen LogP contribution >= 0.6 is 11.6 Å². The smallest absolute Gasteiger partial charge is 0.270 e. The van der Waals surface area contributed by atoms with Crippen molar-refractivity contribution in [2.75, 3.05) is 6.54 Å². The Labute approximate surface area is 126 Å². The molecule has 0 aliphatic rings. The highest BCUT2D eigenvalue weighted by molar-refractivity contribution is 6.34. The molecule has 0 bridgehead atoms. The zero-order valence-corrected chi connectivity index (χ0v) is 12.7. The van der Waals surface area contributed by atoms with Gasteiger partial charge in [0.2, 0.25) is 5.91 Å². The lowest BCUT2D eigenvalue weighted by Gasteiger charge is -2.20. The Kier molecular flexibility index (Phi) is 5.26. The summed E-state index contributed by atoms with van der Waals surface area (Å²) in [6, 6.07) is 3.51. The number of nitro groups is 1. The van der Waals surface area contributed by atoms with E-state index in [4.69, 9.17) is 11.6 Å². The van der Waals surface area contributed by atoms with Crippen molar-refractivity contribution in [3.05, 3.63) is 38.9 Å². The lowest BCUT2D eigenvalue weighted by molar-refractivity contribution is -0.384. The second kappa shape index (κ2) is 6.53. The molecule has 2 N–H and O–H groups in total. The molecule has 1 rings (SSSR count). The molecule has 8 heteroatoms. The van der Waals surface area contributed by atoms with Gasteiger partial charge in [-0.25, -0.2) is 0 Å². The van der Waals surface area contributed by atoms with E-state index < -0.39 is 16.4 Å². The molecule has 0 aliphatic heterocycles. The van der Waals surface area contributed by atoms with Crippen LogP contribution in [0.15, 0.2) is 18.2 Å². The number of halogens is 1. The van der Waals surface area contributed by atoms with Crippen molar-refractivity contribution in [3.8, 4) is 0 Å². The summed E-state index contributed by atoms with van der Waals surface area (Å²) in [5, 5.41) is 15.6.